The number of piperidine rings is 1. The molecule has 1 saturated heterocycles. The van der Waals surface area contributed by atoms with Crippen molar-refractivity contribution in [3.05, 3.63) is 60.6 Å². The number of hydrogen-bond acceptors (Lipinski definition) is 5. The normalized spacial score (nSPS) is 15.8. The van der Waals surface area contributed by atoms with Gasteiger partial charge in [-0.1, -0.05) is 24.3 Å². The first-order valence-electron chi connectivity index (χ1n) is 8.92. The number of nitrogens with zero attached hydrogens (tertiary/aromatic N) is 4. The molecule has 132 valence electrons. The van der Waals surface area contributed by atoms with Crippen molar-refractivity contribution in [1.29, 1.82) is 0 Å². The predicted octanol–water partition coefficient (Wildman–Crippen LogP) is 2.88. The van der Waals surface area contributed by atoms with Crippen LogP contribution in [-0.4, -0.2) is 38.8 Å². The Labute approximate surface area is 152 Å². The zero-order valence-corrected chi connectivity index (χ0v) is 14.5. The second kappa shape index (κ2) is 7.58. The molecular formula is C20H21N5O. The summed E-state index contributed by atoms with van der Waals surface area (Å²) in [6.45, 7) is 2.67. The number of fused-ring (bicyclic) bond motifs is 1. The summed E-state index contributed by atoms with van der Waals surface area (Å²) in [7, 11) is 0. The van der Waals surface area contributed by atoms with E-state index in [1.807, 2.05) is 12.3 Å². The van der Waals surface area contributed by atoms with Crippen molar-refractivity contribution in [2.75, 3.05) is 18.4 Å². The highest BCUT2D eigenvalue weighted by Gasteiger charge is 2.25. The van der Waals surface area contributed by atoms with E-state index in [0.717, 1.165) is 38.0 Å². The number of para-hydroxylation sites is 1. The molecule has 1 aliphatic rings. The minimum atomic E-state index is 0.0145. The van der Waals surface area contributed by atoms with Crippen LogP contribution < -0.4 is 5.32 Å². The Bertz CT molecular complexity index is 886. The Kier molecular flexibility index (Phi) is 4.84. The molecule has 0 aliphatic carbocycles. The fraction of sp³-hybridized carbons (Fsp3) is 0.300. The van der Waals surface area contributed by atoms with E-state index in [2.05, 4.69) is 49.4 Å². The van der Waals surface area contributed by atoms with E-state index in [1.165, 1.54) is 10.9 Å². The van der Waals surface area contributed by atoms with Gasteiger partial charge in [-0.2, -0.15) is 0 Å². The summed E-state index contributed by atoms with van der Waals surface area (Å²) in [4.78, 5) is 27.4. The second-order valence-electron chi connectivity index (χ2n) is 6.60. The van der Waals surface area contributed by atoms with Gasteiger partial charge in [0.1, 0.15) is 0 Å². The Morgan fingerprint density at radius 2 is 1.73 bits per heavy atom. The fourth-order valence-electron chi connectivity index (χ4n) is 3.47. The summed E-state index contributed by atoms with van der Waals surface area (Å²) < 4.78 is 0. The molecule has 0 atom stereocenters. The number of likely N-dealkylation sites (tertiary alicyclic amines) is 1. The molecular weight excluding hydrogens is 326 g/mol. The first-order chi connectivity index (χ1) is 12.8. The van der Waals surface area contributed by atoms with Crippen LogP contribution in [0.1, 0.15) is 18.4 Å². The number of aromatic nitrogens is 3. The number of hydrogen-bond donors (Lipinski definition) is 1. The second-order valence-corrected chi connectivity index (χ2v) is 6.60. The Morgan fingerprint density at radius 1 is 1.00 bits per heavy atom. The quantitative estimate of drug-likeness (QED) is 0.786. The average molecular weight is 347 g/mol. The van der Waals surface area contributed by atoms with Crippen molar-refractivity contribution in [3.63, 3.8) is 0 Å². The standard InChI is InChI=1S/C20H21N5O/c26-19(24-20-22-10-3-11-23-20)16-7-12-25(13-8-16)14-17-5-1-4-15-6-2-9-21-18(15)17/h1-6,9-11,16H,7-8,12-14H2,(H,22,23,24,26). The zero-order valence-electron chi connectivity index (χ0n) is 14.5. The topological polar surface area (TPSA) is 71.0 Å². The summed E-state index contributed by atoms with van der Waals surface area (Å²) >= 11 is 0. The maximum atomic E-state index is 12.4. The molecule has 0 saturated carbocycles. The predicted molar refractivity (Wildman–Crippen MR) is 100 cm³/mol. The molecule has 1 aromatic carbocycles. The van der Waals surface area contributed by atoms with Gasteiger partial charge in [-0.3, -0.25) is 20.0 Å². The molecule has 1 N–H and O–H groups in total. The molecule has 3 heterocycles. The van der Waals surface area contributed by atoms with Crippen LogP contribution in [0, 0.1) is 5.92 Å². The van der Waals surface area contributed by atoms with Crippen LogP contribution in [0.3, 0.4) is 0 Å². The van der Waals surface area contributed by atoms with E-state index >= 15 is 0 Å². The lowest BCUT2D eigenvalue weighted by Crippen LogP contribution is -2.38. The first kappa shape index (κ1) is 16.6. The first-order valence-corrected chi connectivity index (χ1v) is 8.92. The number of rotatable bonds is 4. The summed E-state index contributed by atoms with van der Waals surface area (Å²) in [5.74, 6) is 0.408. The highest BCUT2D eigenvalue weighted by molar-refractivity contribution is 5.90. The molecule has 2 aromatic heterocycles. The summed E-state index contributed by atoms with van der Waals surface area (Å²) in [6.07, 6.45) is 6.79. The lowest BCUT2D eigenvalue weighted by Gasteiger charge is -2.31. The van der Waals surface area contributed by atoms with E-state index in [0.29, 0.717) is 5.95 Å². The SMILES string of the molecule is O=C(Nc1ncccn1)C1CCN(Cc2cccc3cccnc23)CC1. The number of amides is 1. The lowest BCUT2D eigenvalue weighted by molar-refractivity contribution is -0.121. The van der Waals surface area contributed by atoms with Crippen molar-refractivity contribution in [2.45, 2.75) is 19.4 Å². The molecule has 6 heteroatoms. The molecule has 1 fully saturated rings. The van der Waals surface area contributed by atoms with Crippen LogP contribution in [0.4, 0.5) is 5.95 Å². The smallest absolute Gasteiger partial charge is 0.229 e. The van der Waals surface area contributed by atoms with Gasteiger partial charge in [0.15, 0.2) is 0 Å². The maximum Gasteiger partial charge on any atom is 0.229 e. The van der Waals surface area contributed by atoms with Crippen molar-refractivity contribution in [2.24, 2.45) is 5.92 Å². The largest absolute Gasteiger partial charge is 0.299 e. The third-order valence-corrected chi connectivity index (χ3v) is 4.87. The van der Waals surface area contributed by atoms with Gasteiger partial charge >= 0.3 is 0 Å². The van der Waals surface area contributed by atoms with Crippen molar-refractivity contribution in [1.82, 2.24) is 19.9 Å². The number of carbonyl (C=O) groups excluding carboxylic acids is 1. The van der Waals surface area contributed by atoms with Crippen LogP contribution in [0.5, 0.6) is 0 Å². The lowest BCUT2D eigenvalue weighted by atomic mass is 9.95. The van der Waals surface area contributed by atoms with E-state index in [4.69, 9.17) is 0 Å². The summed E-state index contributed by atoms with van der Waals surface area (Å²) in [6, 6.07) is 12.1. The number of carbonyl (C=O) groups is 1. The highest BCUT2D eigenvalue weighted by atomic mass is 16.2. The molecule has 0 radical (unpaired) electrons. The van der Waals surface area contributed by atoms with Crippen LogP contribution >= 0.6 is 0 Å². The van der Waals surface area contributed by atoms with Gasteiger partial charge in [0, 0.05) is 36.4 Å². The molecule has 0 bridgehead atoms. The van der Waals surface area contributed by atoms with Crippen molar-refractivity contribution < 1.29 is 4.79 Å². The van der Waals surface area contributed by atoms with Gasteiger partial charge < -0.3 is 0 Å². The van der Waals surface area contributed by atoms with Crippen LogP contribution in [0.25, 0.3) is 10.9 Å². The number of pyridine rings is 1. The minimum absolute atomic E-state index is 0.0145. The van der Waals surface area contributed by atoms with E-state index in [-0.39, 0.29) is 11.8 Å². The molecule has 26 heavy (non-hydrogen) atoms. The number of nitrogens with one attached hydrogen (secondary N) is 1. The molecule has 1 amide bonds. The molecule has 4 rings (SSSR count). The summed E-state index contributed by atoms with van der Waals surface area (Å²) in [5.41, 5.74) is 2.31. The Morgan fingerprint density at radius 3 is 2.54 bits per heavy atom. The van der Waals surface area contributed by atoms with Gasteiger partial charge in [0.2, 0.25) is 11.9 Å². The number of benzene rings is 1. The van der Waals surface area contributed by atoms with Gasteiger partial charge in [0.05, 0.1) is 5.52 Å². The van der Waals surface area contributed by atoms with Crippen LogP contribution in [0.15, 0.2) is 55.0 Å². The van der Waals surface area contributed by atoms with E-state index in [1.54, 1.807) is 18.5 Å². The van der Waals surface area contributed by atoms with Crippen LogP contribution in [0.2, 0.25) is 0 Å². The third-order valence-electron chi connectivity index (χ3n) is 4.87. The molecule has 3 aromatic rings. The van der Waals surface area contributed by atoms with Crippen LogP contribution in [-0.2, 0) is 11.3 Å². The number of anilines is 1. The highest BCUT2D eigenvalue weighted by Crippen LogP contribution is 2.23. The Balaban J connectivity index is 1.35. The third kappa shape index (κ3) is 3.70. The maximum absolute atomic E-state index is 12.4. The van der Waals surface area contributed by atoms with Crippen molar-refractivity contribution >= 4 is 22.8 Å². The van der Waals surface area contributed by atoms with E-state index in [9.17, 15) is 4.79 Å². The van der Waals surface area contributed by atoms with Crippen molar-refractivity contribution in [3.8, 4) is 0 Å². The van der Waals surface area contributed by atoms with Gasteiger partial charge in [-0.25, -0.2) is 9.97 Å². The van der Waals surface area contributed by atoms with E-state index < -0.39 is 0 Å². The van der Waals surface area contributed by atoms with Gasteiger partial charge in [-0.15, -0.1) is 0 Å². The van der Waals surface area contributed by atoms with Gasteiger partial charge in [-0.05, 0) is 43.6 Å². The molecule has 0 unspecified atom stereocenters. The molecule has 6 nitrogen and oxygen atoms in total. The minimum Gasteiger partial charge on any atom is -0.299 e. The Hall–Kier alpha value is -2.86. The molecule has 0 spiro atoms. The average Bonchev–Trinajstić information content (AvgIpc) is 2.70. The summed E-state index contributed by atoms with van der Waals surface area (Å²) in [5, 5.41) is 3.98. The fourth-order valence-corrected chi connectivity index (χ4v) is 3.47. The molecule has 1 aliphatic heterocycles. The zero-order chi connectivity index (χ0) is 17.8. The monoisotopic (exact) mass is 347 g/mol. The van der Waals surface area contributed by atoms with Gasteiger partial charge in [0.25, 0.3) is 0 Å².